The molecular weight excluding hydrogens is 544 g/mol. The van der Waals surface area contributed by atoms with Gasteiger partial charge < -0.3 is 14.2 Å². The first kappa shape index (κ1) is 27.6. The SMILES string of the molecule is CC(=O)OC1c2ccccc2C(OC(C)=O)C2C(=O)C3=C(CC(OC(C)=O)(C(C)=O)CC34SCCS4)C(=O)C12. The molecule has 1 heterocycles. The molecule has 11 heteroatoms. The molecule has 9 nitrogen and oxygen atoms in total. The van der Waals surface area contributed by atoms with Crippen molar-refractivity contribution in [2.24, 2.45) is 11.8 Å². The van der Waals surface area contributed by atoms with E-state index in [1.54, 1.807) is 24.3 Å². The molecule has 39 heavy (non-hydrogen) atoms. The first-order valence-electron chi connectivity index (χ1n) is 12.6. The van der Waals surface area contributed by atoms with E-state index in [2.05, 4.69) is 0 Å². The normalized spacial score (nSPS) is 30.7. The number of benzene rings is 1. The highest BCUT2D eigenvalue weighted by molar-refractivity contribution is 8.21. The number of hydrogen-bond acceptors (Lipinski definition) is 11. The summed E-state index contributed by atoms with van der Waals surface area (Å²) in [5.74, 6) is -4.18. The minimum absolute atomic E-state index is 0.0433. The average Bonchev–Trinajstić information content (AvgIpc) is 3.30. The summed E-state index contributed by atoms with van der Waals surface area (Å²) in [6, 6.07) is 6.82. The van der Waals surface area contributed by atoms with E-state index in [1.807, 2.05) is 0 Å². The standard InChI is InChI=1S/C28H28O9S2/c1-13(29)27(37-16(4)32)11-19-22(28(12-27)38-9-10-39-28)24(34)21-20(23(19)33)25(35-14(2)30)17-7-5-6-8-18(17)26(21)36-15(3)31/h5-8,20-21,25-26H,9-12H2,1-4H3. The molecule has 1 aromatic rings. The summed E-state index contributed by atoms with van der Waals surface area (Å²) in [7, 11) is 0. The minimum atomic E-state index is -1.61. The third kappa shape index (κ3) is 4.43. The summed E-state index contributed by atoms with van der Waals surface area (Å²) in [5.41, 5.74) is -0.248. The molecule has 1 aromatic carbocycles. The van der Waals surface area contributed by atoms with Crippen molar-refractivity contribution in [3.05, 3.63) is 46.5 Å². The molecule has 1 saturated heterocycles. The number of thioether (sulfide) groups is 2. The second kappa shape index (κ2) is 9.92. The fraction of sp³-hybridized carbons (Fsp3) is 0.500. The molecule has 5 unspecified atom stereocenters. The van der Waals surface area contributed by atoms with Crippen molar-refractivity contribution in [1.82, 2.24) is 0 Å². The van der Waals surface area contributed by atoms with Crippen LogP contribution in [0.25, 0.3) is 0 Å². The van der Waals surface area contributed by atoms with Crippen LogP contribution in [0.3, 0.4) is 0 Å². The third-order valence-electron chi connectivity index (χ3n) is 7.78. The Hall–Kier alpha value is -2.92. The number of rotatable bonds is 4. The van der Waals surface area contributed by atoms with Gasteiger partial charge in [0.25, 0.3) is 0 Å². The van der Waals surface area contributed by atoms with Crippen LogP contribution >= 0.6 is 23.5 Å². The van der Waals surface area contributed by atoms with Crippen LogP contribution in [0.4, 0.5) is 0 Å². The zero-order chi connectivity index (χ0) is 28.3. The lowest BCUT2D eigenvalue weighted by Gasteiger charge is -2.51. The van der Waals surface area contributed by atoms with Crippen LogP contribution in [-0.4, -0.2) is 56.4 Å². The molecule has 3 aliphatic carbocycles. The van der Waals surface area contributed by atoms with Gasteiger partial charge in [-0.1, -0.05) is 24.3 Å². The van der Waals surface area contributed by atoms with Gasteiger partial charge >= 0.3 is 17.9 Å². The highest BCUT2D eigenvalue weighted by Crippen LogP contribution is 2.63. The van der Waals surface area contributed by atoms with Gasteiger partial charge in [-0.3, -0.25) is 28.8 Å². The van der Waals surface area contributed by atoms with E-state index in [1.165, 1.54) is 51.2 Å². The first-order chi connectivity index (χ1) is 18.4. The molecule has 5 atom stereocenters. The largest absolute Gasteiger partial charge is 0.457 e. The van der Waals surface area contributed by atoms with Crippen LogP contribution in [0, 0.1) is 11.8 Å². The number of fused-ring (bicyclic) bond motifs is 3. The maximum atomic E-state index is 14.6. The highest BCUT2D eigenvalue weighted by Gasteiger charge is 2.65. The van der Waals surface area contributed by atoms with Crippen molar-refractivity contribution in [2.75, 3.05) is 11.5 Å². The quantitative estimate of drug-likeness (QED) is 0.388. The summed E-state index contributed by atoms with van der Waals surface area (Å²) >= 11 is 2.90. The Morgan fingerprint density at radius 2 is 1.31 bits per heavy atom. The van der Waals surface area contributed by atoms with Gasteiger partial charge in [-0.15, -0.1) is 23.5 Å². The first-order valence-corrected chi connectivity index (χ1v) is 14.6. The molecule has 0 bridgehead atoms. The van der Waals surface area contributed by atoms with Gasteiger partial charge in [-0.25, -0.2) is 0 Å². The van der Waals surface area contributed by atoms with Crippen LogP contribution in [-0.2, 0) is 43.0 Å². The summed E-state index contributed by atoms with van der Waals surface area (Å²) in [4.78, 5) is 78.7. The van der Waals surface area contributed by atoms with Crippen LogP contribution in [0.2, 0.25) is 0 Å². The van der Waals surface area contributed by atoms with Gasteiger partial charge in [0.05, 0.1) is 15.9 Å². The van der Waals surface area contributed by atoms with Crippen molar-refractivity contribution >= 4 is 58.8 Å². The Labute approximate surface area is 233 Å². The molecule has 1 aliphatic heterocycles. The van der Waals surface area contributed by atoms with Gasteiger partial charge in [0.15, 0.2) is 23.0 Å². The summed E-state index contributed by atoms with van der Waals surface area (Å²) in [5, 5.41) is 0. The molecular formula is C28H28O9S2. The van der Waals surface area contributed by atoms with Crippen molar-refractivity contribution in [2.45, 2.75) is 62.4 Å². The van der Waals surface area contributed by atoms with Crippen molar-refractivity contribution in [3.63, 3.8) is 0 Å². The van der Waals surface area contributed by atoms with Gasteiger partial charge in [0, 0.05) is 67.4 Å². The van der Waals surface area contributed by atoms with E-state index >= 15 is 0 Å². The fourth-order valence-corrected chi connectivity index (χ4v) is 10.0. The van der Waals surface area contributed by atoms with Crippen molar-refractivity contribution in [1.29, 1.82) is 0 Å². The summed E-state index contributed by atoms with van der Waals surface area (Å²) in [6.45, 7) is 4.98. The smallest absolute Gasteiger partial charge is 0.303 e. The molecule has 0 aromatic heterocycles. The van der Waals surface area contributed by atoms with Crippen LogP contribution < -0.4 is 0 Å². The van der Waals surface area contributed by atoms with Crippen molar-refractivity contribution in [3.8, 4) is 0 Å². The second-order valence-electron chi connectivity index (χ2n) is 10.3. The predicted molar refractivity (Wildman–Crippen MR) is 142 cm³/mol. The lowest BCUT2D eigenvalue weighted by Crippen LogP contribution is -2.58. The number of Topliss-reactive ketones (excluding diaryl/α,β-unsaturated/α-hetero) is 3. The van der Waals surface area contributed by atoms with Crippen LogP contribution in [0.5, 0.6) is 0 Å². The number of ether oxygens (including phenoxy) is 3. The molecule has 1 spiro atoms. The number of hydrogen-bond donors (Lipinski definition) is 0. The Balaban J connectivity index is 1.75. The summed E-state index contributed by atoms with van der Waals surface area (Å²) in [6.07, 6.45) is -2.38. The minimum Gasteiger partial charge on any atom is -0.457 e. The van der Waals surface area contributed by atoms with E-state index in [9.17, 15) is 28.8 Å². The van der Waals surface area contributed by atoms with E-state index in [0.29, 0.717) is 22.6 Å². The molecule has 0 radical (unpaired) electrons. The van der Waals surface area contributed by atoms with Crippen LogP contribution in [0.1, 0.15) is 63.9 Å². The molecule has 0 saturated carbocycles. The Kier molecular flexibility index (Phi) is 7.03. The maximum absolute atomic E-state index is 14.6. The maximum Gasteiger partial charge on any atom is 0.303 e. The van der Waals surface area contributed by atoms with E-state index in [-0.39, 0.29) is 29.8 Å². The third-order valence-corrected chi connectivity index (χ3v) is 11.2. The lowest BCUT2D eigenvalue weighted by molar-refractivity contribution is -0.171. The van der Waals surface area contributed by atoms with Gasteiger partial charge in [-0.2, -0.15) is 0 Å². The Morgan fingerprint density at radius 3 is 1.77 bits per heavy atom. The predicted octanol–water partition coefficient (Wildman–Crippen LogP) is 3.45. The van der Waals surface area contributed by atoms with E-state index in [0.717, 1.165) is 0 Å². The Bertz CT molecular complexity index is 1340. The zero-order valence-corrected chi connectivity index (χ0v) is 23.6. The topological polar surface area (TPSA) is 130 Å². The van der Waals surface area contributed by atoms with Gasteiger partial charge in [0.2, 0.25) is 0 Å². The molecule has 206 valence electrons. The monoisotopic (exact) mass is 572 g/mol. The lowest BCUT2D eigenvalue weighted by atomic mass is 9.59. The molecule has 0 N–H and O–H groups in total. The number of carbonyl (C=O) groups excluding carboxylic acids is 6. The molecule has 1 fully saturated rings. The van der Waals surface area contributed by atoms with Gasteiger partial charge in [-0.05, 0) is 6.92 Å². The number of carbonyl (C=O) groups is 6. The summed E-state index contributed by atoms with van der Waals surface area (Å²) < 4.78 is 16.0. The van der Waals surface area contributed by atoms with Crippen LogP contribution in [0.15, 0.2) is 35.4 Å². The fourth-order valence-electron chi connectivity index (χ4n) is 6.44. The molecule has 5 rings (SSSR count). The molecule has 0 amide bonds. The van der Waals surface area contributed by atoms with Crippen molar-refractivity contribution < 1.29 is 43.0 Å². The molecule has 4 aliphatic rings. The second-order valence-corrected chi connectivity index (χ2v) is 13.3. The zero-order valence-electron chi connectivity index (χ0n) is 21.9. The van der Waals surface area contributed by atoms with Gasteiger partial charge in [0.1, 0.15) is 12.2 Å². The van der Waals surface area contributed by atoms with E-state index in [4.69, 9.17) is 14.2 Å². The van der Waals surface area contributed by atoms with E-state index < -0.39 is 63.2 Å². The number of esters is 3. The highest BCUT2D eigenvalue weighted by atomic mass is 32.2. The number of ketones is 3. The average molecular weight is 573 g/mol. The Morgan fingerprint density at radius 1 is 0.795 bits per heavy atom.